The van der Waals surface area contributed by atoms with Gasteiger partial charge < -0.3 is 13.9 Å². The first-order chi connectivity index (χ1) is 14.6. The molecule has 7 atom stereocenters. The van der Waals surface area contributed by atoms with Gasteiger partial charge in [0, 0.05) is 17.8 Å². The van der Waals surface area contributed by atoms with Crippen LogP contribution in [0.4, 0.5) is 0 Å². The Morgan fingerprint density at radius 1 is 1.06 bits per heavy atom. The number of Topliss-reactive ketones (excluding diaryl/α,β-unsaturated/α-hetero) is 1. The molecule has 0 aromatic carbocycles. The van der Waals surface area contributed by atoms with Crippen molar-refractivity contribution in [3.05, 3.63) is 35.8 Å². The summed E-state index contributed by atoms with van der Waals surface area (Å²) in [4.78, 5) is 26.2. The monoisotopic (exact) mass is 424 g/mol. The summed E-state index contributed by atoms with van der Waals surface area (Å²) in [6.45, 7) is 9.09. The van der Waals surface area contributed by atoms with E-state index >= 15 is 0 Å². The average Bonchev–Trinajstić information content (AvgIpc) is 3.38. The summed E-state index contributed by atoms with van der Waals surface area (Å²) >= 11 is 0. The van der Waals surface area contributed by atoms with Gasteiger partial charge in [-0.1, -0.05) is 18.6 Å². The van der Waals surface area contributed by atoms with Crippen molar-refractivity contribution in [3.8, 4) is 0 Å². The van der Waals surface area contributed by atoms with Crippen molar-refractivity contribution in [3.63, 3.8) is 0 Å². The van der Waals surface area contributed by atoms with Crippen LogP contribution >= 0.6 is 0 Å². The van der Waals surface area contributed by atoms with Crippen LogP contribution in [0.25, 0.3) is 0 Å². The molecule has 4 fully saturated rings. The molecule has 0 amide bonds. The fourth-order valence-electron chi connectivity index (χ4n) is 8.75. The maximum atomic E-state index is 14.0. The lowest BCUT2D eigenvalue weighted by molar-refractivity contribution is -0.186. The molecule has 2 saturated heterocycles. The third-order valence-electron chi connectivity index (χ3n) is 10.1. The van der Waals surface area contributed by atoms with Gasteiger partial charge in [-0.15, -0.1) is 0 Å². The van der Waals surface area contributed by atoms with E-state index in [1.807, 2.05) is 6.26 Å². The van der Waals surface area contributed by atoms with Crippen molar-refractivity contribution in [2.75, 3.05) is 6.61 Å². The molecule has 0 unspecified atom stereocenters. The Hall–Kier alpha value is -1.88. The molecule has 1 aromatic heterocycles. The Bertz CT molecular complexity index is 989. The molecule has 5 nitrogen and oxygen atoms in total. The van der Waals surface area contributed by atoms with Crippen LogP contribution in [0.2, 0.25) is 0 Å². The Morgan fingerprint density at radius 2 is 1.87 bits per heavy atom. The standard InChI is InChI=1S/C26H32O5/c1-23(2)19-11-20(27)25(4)17-6-5-16(15-8-10-29-13-15)24(17,3)9-7-18(25)26(19)14-30-22(28)12-21(26)31-23/h6,8,10,13,16,18-19,21H,5,7,9,11-12,14H2,1-4H3/t16-,18-,19+,21-,24-,25-,26+/m0/s1. The fraction of sp³-hybridized carbons (Fsp3) is 0.692. The molecule has 3 aliphatic carbocycles. The summed E-state index contributed by atoms with van der Waals surface area (Å²) in [5.41, 5.74) is 1.23. The molecule has 31 heavy (non-hydrogen) atoms. The van der Waals surface area contributed by atoms with Gasteiger partial charge in [0.15, 0.2) is 0 Å². The second-order valence-corrected chi connectivity index (χ2v) is 11.5. The Kier molecular flexibility index (Phi) is 3.78. The number of furan rings is 1. The van der Waals surface area contributed by atoms with Crippen molar-refractivity contribution < 1.29 is 23.5 Å². The minimum atomic E-state index is -0.534. The van der Waals surface area contributed by atoms with Crippen LogP contribution in [0.5, 0.6) is 0 Å². The maximum absolute atomic E-state index is 14.0. The SMILES string of the molecule is CC1(C)O[C@H]2CC(=O)OC[C@@]23[C@@H]1CC(=O)[C@@]1(C)C2=CC[C@@H](c4ccoc4)[C@]2(C)CC[C@@H]13. The second-order valence-electron chi connectivity index (χ2n) is 11.5. The van der Waals surface area contributed by atoms with Crippen LogP contribution in [0.3, 0.4) is 0 Å². The van der Waals surface area contributed by atoms with E-state index in [2.05, 4.69) is 39.8 Å². The summed E-state index contributed by atoms with van der Waals surface area (Å²) in [6, 6.07) is 2.07. The summed E-state index contributed by atoms with van der Waals surface area (Å²) in [6.07, 6.45) is 9.52. The molecule has 5 heteroatoms. The number of rotatable bonds is 1. The van der Waals surface area contributed by atoms with Crippen molar-refractivity contribution in [2.45, 2.75) is 77.4 Å². The van der Waals surface area contributed by atoms with Crippen molar-refractivity contribution >= 4 is 11.8 Å². The maximum Gasteiger partial charge on any atom is 0.308 e. The molecule has 166 valence electrons. The highest BCUT2D eigenvalue weighted by atomic mass is 16.6. The van der Waals surface area contributed by atoms with Gasteiger partial charge in [0.25, 0.3) is 0 Å². The number of hydrogen-bond donors (Lipinski definition) is 0. The lowest BCUT2D eigenvalue weighted by Gasteiger charge is -2.62. The summed E-state index contributed by atoms with van der Waals surface area (Å²) in [7, 11) is 0. The minimum Gasteiger partial charge on any atom is -0.472 e. The van der Waals surface area contributed by atoms with Gasteiger partial charge in [0.1, 0.15) is 12.4 Å². The number of hydrogen-bond acceptors (Lipinski definition) is 5. The first kappa shape index (κ1) is 19.8. The Balaban J connectivity index is 1.47. The van der Waals surface area contributed by atoms with E-state index in [-0.39, 0.29) is 34.7 Å². The van der Waals surface area contributed by atoms with Gasteiger partial charge in [-0.05, 0) is 68.9 Å². The molecular weight excluding hydrogens is 392 g/mol. The molecule has 1 spiro atoms. The fourth-order valence-corrected chi connectivity index (χ4v) is 8.75. The molecule has 3 heterocycles. The van der Waals surface area contributed by atoms with E-state index in [9.17, 15) is 9.59 Å². The number of carbonyl (C=O) groups excluding carboxylic acids is 2. The Morgan fingerprint density at radius 3 is 2.61 bits per heavy atom. The topological polar surface area (TPSA) is 65.7 Å². The van der Waals surface area contributed by atoms with Gasteiger partial charge in [0.05, 0.1) is 36.1 Å². The van der Waals surface area contributed by atoms with E-state index in [1.54, 1.807) is 6.26 Å². The van der Waals surface area contributed by atoms with E-state index < -0.39 is 11.0 Å². The molecule has 2 aliphatic heterocycles. The lowest BCUT2D eigenvalue weighted by Crippen LogP contribution is -2.65. The number of carbonyl (C=O) groups is 2. The van der Waals surface area contributed by atoms with E-state index in [0.29, 0.717) is 31.1 Å². The number of fused-ring (bicyclic) bond motifs is 3. The molecule has 0 N–H and O–H groups in total. The third kappa shape index (κ3) is 2.21. The van der Waals surface area contributed by atoms with Crippen LogP contribution in [0.1, 0.15) is 71.3 Å². The summed E-state index contributed by atoms with van der Waals surface area (Å²) in [5, 5.41) is 0. The number of esters is 1. The number of allylic oxidation sites excluding steroid dienone is 2. The number of ether oxygens (including phenoxy) is 2. The highest BCUT2D eigenvalue weighted by molar-refractivity contribution is 5.91. The third-order valence-corrected chi connectivity index (χ3v) is 10.1. The van der Waals surface area contributed by atoms with Crippen molar-refractivity contribution in [1.29, 1.82) is 0 Å². The van der Waals surface area contributed by atoms with Gasteiger partial charge in [0.2, 0.25) is 0 Å². The summed E-state index contributed by atoms with van der Waals surface area (Å²) < 4.78 is 17.7. The van der Waals surface area contributed by atoms with E-state index in [4.69, 9.17) is 13.9 Å². The lowest BCUT2D eigenvalue weighted by atomic mass is 9.40. The predicted octanol–water partition coefficient (Wildman–Crippen LogP) is 4.82. The van der Waals surface area contributed by atoms with Crippen LogP contribution in [-0.2, 0) is 19.1 Å². The highest BCUT2D eigenvalue weighted by Crippen LogP contribution is 2.73. The van der Waals surface area contributed by atoms with Crippen LogP contribution in [0.15, 0.2) is 34.7 Å². The Labute approximate surface area is 183 Å². The first-order valence-corrected chi connectivity index (χ1v) is 11.7. The molecule has 0 radical (unpaired) electrons. The smallest absolute Gasteiger partial charge is 0.308 e. The second kappa shape index (κ2) is 5.92. The molecule has 1 aromatic rings. The zero-order valence-corrected chi connectivity index (χ0v) is 18.9. The predicted molar refractivity (Wildman–Crippen MR) is 113 cm³/mol. The normalized spacial score (nSPS) is 47.7. The quantitative estimate of drug-likeness (QED) is 0.478. The highest BCUT2D eigenvalue weighted by Gasteiger charge is 2.74. The van der Waals surface area contributed by atoms with Crippen LogP contribution in [0, 0.1) is 28.1 Å². The molecule has 0 bridgehead atoms. The zero-order valence-electron chi connectivity index (χ0n) is 18.9. The zero-order chi connectivity index (χ0) is 21.8. The number of cyclic esters (lactones) is 1. The van der Waals surface area contributed by atoms with Gasteiger partial charge in [-0.25, -0.2) is 0 Å². The van der Waals surface area contributed by atoms with Crippen LogP contribution in [-0.4, -0.2) is 30.1 Å². The average molecular weight is 425 g/mol. The van der Waals surface area contributed by atoms with E-state index in [1.165, 1.54) is 11.1 Å². The van der Waals surface area contributed by atoms with Crippen LogP contribution < -0.4 is 0 Å². The molecular formula is C26H32O5. The molecule has 2 saturated carbocycles. The first-order valence-electron chi connectivity index (χ1n) is 11.7. The van der Waals surface area contributed by atoms with Gasteiger partial charge >= 0.3 is 5.97 Å². The minimum absolute atomic E-state index is 0.0515. The van der Waals surface area contributed by atoms with Gasteiger partial charge in [-0.2, -0.15) is 0 Å². The van der Waals surface area contributed by atoms with Crippen molar-refractivity contribution in [1.82, 2.24) is 0 Å². The van der Waals surface area contributed by atoms with E-state index in [0.717, 1.165) is 19.3 Å². The largest absolute Gasteiger partial charge is 0.472 e. The number of ketones is 1. The molecule has 6 rings (SSSR count). The van der Waals surface area contributed by atoms with Crippen molar-refractivity contribution in [2.24, 2.45) is 28.1 Å². The van der Waals surface area contributed by atoms with Gasteiger partial charge in [-0.3, -0.25) is 9.59 Å². The summed E-state index contributed by atoms with van der Waals surface area (Å²) in [5.74, 6) is 0.727. The molecule has 5 aliphatic rings.